The summed E-state index contributed by atoms with van der Waals surface area (Å²) in [6.07, 6.45) is 6.14. The molecule has 0 spiro atoms. The van der Waals surface area contributed by atoms with Gasteiger partial charge in [-0.05, 0) is 17.7 Å². The topological polar surface area (TPSA) is 41.8 Å². The first-order chi connectivity index (χ1) is 7.43. The highest BCUT2D eigenvalue weighted by atomic mass is 16.3. The zero-order valence-electron chi connectivity index (χ0n) is 8.10. The van der Waals surface area contributed by atoms with Crippen LogP contribution in [0.25, 0.3) is 11.3 Å². The summed E-state index contributed by atoms with van der Waals surface area (Å²) < 4.78 is 5.38. The molecule has 1 aromatic rings. The van der Waals surface area contributed by atoms with Crippen molar-refractivity contribution in [3.63, 3.8) is 0 Å². The van der Waals surface area contributed by atoms with Gasteiger partial charge < -0.3 is 9.40 Å². The van der Waals surface area contributed by atoms with E-state index in [0.29, 0.717) is 0 Å². The summed E-state index contributed by atoms with van der Waals surface area (Å²) in [5.74, 6) is 1.91. The minimum absolute atomic E-state index is 0.809. The van der Waals surface area contributed by atoms with Crippen molar-refractivity contribution in [3.05, 3.63) is 54.3 Å². The second-order valence-corrected chi connectivity index (χ2v) is 3.46. The number of fused-ring (bicyclic) bond motifs is 1. The van der Waals surface area contributed by atoms with E-state index in [-0.39, 0.29) is 0 Å². The molecule has 2 aliphatic rings. The predicted molar refractivity (Wildman–Crippen MR) is 56.7 cm³/mol. The van der Waals surface area contributed by atoms with Gasteiger partial charge in [0.25, 0.3) is 0 Å². The maximum atomic E-state index is 5.38. The molecule has 3 nitrogen and oxygen atoms in total. The molecule has 0 aromatic carbocycles. The van der Waals surface area contributed by atoms with Gasteiger partial charge in [-0.2, -0.15) is 0 Å². The van der Waals surface area contributed by atoms with Crippen LogP contribution in [-0.4, -0.2) is 9.97 Å². The molecular weight excluding hydrogens is 188 g/mol. The summed E-state index contributed by atoms with van der Waals surface area (Å²) in [6.45, 7) is 0. The van der Waals surface area contributed by atoms with E-state index in [1.165, 1.54) is 5.56 Å². The molecule has 0 bridgehead atoms. The van der Waals surface area contributed by atoms with Crippen molar-refractivity contribution in [1.29, 1.82) is 0 Å². The Morgan fingerprint density at radius 3 is 3.13 bits per heavy atom. The fourth-order valence-corrected chi connectivity index (χ4v) is 1.78. The maximum Gasteiger partial charge on any atom is 0.134 e. The summed E-state index contributed by atoms with van der Waals surface area (Å²) in [5.41, 5.74) is 2.39. The lowest BCUT2D eigenvalue weighted by atomic mass is 10.1. The van der Waals surface area contributed by atoms with Gasteiger partial charge in [-0.25, -0.2) is 4.98 Å². The highest BCUT2D eigenvalue weighted by molar-refractivity contribution is 5.64. The Kier molecular flexibility index (Phi) is 1.81. The fourth-order valence-electron chi connectivity index (χ4n) is 1.78. The van der Waals surface area contributed by atoms with Gasteiger partial charge in [0.05, 0.1) is 6.26 Å². The Labute approximate surface area is 87.1 Å². The summed E-state index contributed by atoms with van der Waals surface area (Å²) >= 11 is 0. The van der Waals surface area contributed by atoms with E-state index < -0.39 is 0 Å². The maximum absolute atomic E-state index is 5.38. The van der Waals surface area contributed by atoms with E-state index in [2.05, 4.69) is 16.0 Å². The second kappa shape index (κ2) is 3.28. The van der Waals surface area contributed by atoms with Crippen LogP contribution in [0, 0.1) is 0 Å². The van der Waals surface area contributed by atoms with Crippen molar-refractivity contribution in [2.45, 2.75) is 6.42 Å². The Bertz CT molecular complexity index is 524. The average Bonchev–Trinajstić information content (AvgIpc) is 2.87. The molecule has 0 saturated heterocycles. The van der Waals surface area contributed by atoms with Gasteiger partial charge in [-0.1, -0.05) is 12.1 Å². The van der Waals surface area contributed by atoms with Crippen LogP contribution in [0.4, 0.5) is 0 Å². The van der Waals surface area contributed by atoms with Crippen molar-refractivity contribution in [2.24, 2.45) is 0 Å². The number of nitrogens with zero attached hydrogens (tertiary/aromatic N) is 1. The quantitative estimate of drug-likeness (QED) is 0.687. The lowest BCUT2D eigenvalue weighted by molar-refractivity contribution is 0.564. The molecule has 0 fully saturated rings. The molecule has 74 valence electrons. The Balaban J connectivity index is 2.02. The van der Waals surface area contributed by atoms with Crippen LogP contribution in [0.15, 0.2) is 47.3 Å². The minimum atomic E-state index is 0.809. The number of hydrogen-bond donors (Lipinski definition) is 1. The third-order valence-corrected chi connectivity index (χ3v) is 2.50. The summed E-state index contributed by atoms with van der Waals surface area (Å²) in [5, 5.41) is 0. The SMILES string of the molecule is c1cc2occc(Cc3ncc[nH]3)c-2c1. The number of aromatic amines is 1. The van der Waals surface area contributed by atoms with Crippen LogP contribution in [0.1, 0.15) is 11.4 Å². The van der Waals surface area contributed by atoms with Crippen molar-refractivity contribution in [3.8, 4) is 11.3 Å². The standard InChI is InChI=1S/C12H10N2O/c1-2-10-9(4-7-15-11(10)3-1)8-12-13-5-6-14-12/h1-7H,8H2,(H,13,14). The Hall–Kier alpha value is -2.03. The average molecular weight is 198 g/mol. The molecule has 15 heavy (non-hydrogen) atoms. The monoisotopic (exact) mass is 198 g/mol. The zero-order chi connectivity index (χ0) is 10.1. The molecule has 0 unspecified atom stereocenters. The zero-order valence-corrected chi connectivity index (χ0v) is 8.10. The van der Waals surface area contributed by atoms with Crippen molar-refractivity contribution < 1.29 is 4.42 Å². The lowest BCUT2D eigenvalue weighted by Gasteiger charge is -2.04. The number of aromatic nitrogens is 2. The molecule has 2 heterocycles. The molecule has 0 saturated carbocycles. The predicted octanol–water partition coefficient (Wildman–Crippen LogP) is 2.70. The second-order valence-electron chi connectivity index (χ2n) is 3.46. The first kappa shape index (κ1) is 8.29. The van der Waals surface area contributed by atoms with Crippen LogP contribution < -0.4 is 0 Å². The van der Waals surface area contributed by atoms with Crippen molar-refractivity contribution in [2.75, 3.05) is 0 Å². The number of hydrogen-bond acceptors (Lipinski definition) is 2. The third-order valence-electron chi connectivity index (χ3n) is 2.50. The highest BCUT2D eigenvalue weighted by Crippen LogP contribution is 2.27. The van der Waals surface area contributed by atoms with Crippen LogP contribution in [0.2, 0.25) is 0 Å². The summed E-state index contributed by atoms with van der Waals surface area (Å²) in [4.78, 5) is 7.32. The van der Waals surface area contributed by atoms with Gasteiger partial charge in [0.2, 0.25) is 0 Å². The summed E-state index contributed by atoms with van der Waals surface area (Å²) in [7, 11) is 0. The molecule has 1 aliphatic carbocycles. The third kappa shape index (κ3) is 1.42. The smallest absolute Gasteiger partial charge is 0.134 e. The highest BCUT2D eigenvalue weighted by Gasteiger charge is 2.10. The molecule has 1 aromatic heterocycles. The first-order valence-electron chi connectivity index (χ1n) is 4.87. The molecule has 0 atom stereocenters. The van der Waals surface area contributed by atoms with E-state index in [9.17, 15) is 0 Å². The van der Waals surface area contributed by atoms with Gasteiger partial charge in [0, 0.05) is 24.4 Å². The van der Waals surface area contributed by atoms with Crippen LogP contribution in [0.5, 0.6) is 0 Å². The van der Waals surface area contributed by atoms with E-state index >= 15 is 0 Å². The summed E-state index contributed by atoms with van der Waals surface area (Å²) in [6, 6.07) is 8.03. The van der Waals surface area contributed by atoms with Crippen LogP contribution in [-0.2, 0) is 6.42 Å². The number of imidazole rings is 1. The number of rotatable bonds is 2. The number of nitrogens with one attached hydrogen (secondary N) is 1. The van der Waals surface area contributed by atoms with Crippen molar-refractivity contribution in [1.82, 2.24) is 9.97 Å². The van der Waals surface area contributed by atoms with Crippen LogP contribution >= 0.6 is 0 Å². The minimum Gasteiger partial charge on any atom is -0.464 e. The molecular formula is C12H10N2O. The molecule has 1 aliphatic heterocycles. The van der Waals surface area contributed by atoms with Gasteiger partial charge in [0.1, 0.15) is 11.6 Å². The van der Waals surface area contributed by atoms with Crippen LogP contribution in [0.3, 0.4) is 0 Å². The van der Waals surface area contributed by atoms with E-state index in [1.807, 2.05) is 24.4 Å². The van der Waals surface area contributed by atoms with E-state index in [4.69, 9.17) is 4.42 Å². The van der Waals surface area contributed by atoms with E-state index in [0.717, 1.165) is 23.6 Å². The number of H-pyrrole nitrogens is 1. The Morgan fingerprint density at radius 2 is 2.27 bits per heavy atom. The normalized spacial score (nSPS) is 10.9. The Morgan fingerprint density at radius 1 is 1.27 bits per heavy atom. The van der Waals surface area contributed by atoms with Gasteiger partial charge in [-0.3, -0.25) is 0 Å². The van der Waals surface area contributed by atoms with Crippen molar-refractivity contribution >= 4 is 0 Å². The fraction of sp³-hybridized carbons (Fsp3) is 0.0833. The molecule has 1 N–H and O–H groups in total. The van der Waals surface area contributed by atoms with E-state index in [1.54, 1.807) is 12.5 Å². The lowest BCUT2D eigenvalue weighted by Crippen LogP contribution is -1.92. The molecule has 0 amide bonds. The largest absolute Gasteiger partial charge is 0.464 e. The molecule has 3 rings (SSSR count). The first-order valence-corrected chi connectivity index (χ1v) is 4.87. The molecule has 3 heteroatoms. The van der Waals surface area contributed by atoms with Gasteiger partial charge in [-0.15, -0.1) is 0 Å². The molecule has 0 radical (unpaired) electrons. The van der Waals surface area contributed by atoms with Gasteiger partial charge >= 0.3 is 0 Å². The van der Waals surface area contributed by atoms with Gasteiger partial charge in [0.15, 0.2) is 0 Å².